The molecular formula is C19H19N3O. The number of para-hydroxylation sites is 1. The predicted molar refractivity (Wildman–Crippen MR) is 94.3 cm³/mol. The van der Waals surface area contributed by atoms with Crippen molar-refractivity contribution in [3.63, 3.8) is 0 Å². The summed E-state index contributed by atoms with van der Waals surface area (Å²) in [6, 6.07) is 15.5. The van der Waals surface area contributed by atoms with Crippen molar-refractivity contribution in [3.05, 3.63) is 75.8 Å². The molecule has 0 atom stereocenters. The van der Waals surface area contributed by atoms with Crippen LogP contribution in [0.25, 0.3) is 10.9 Å². The minimum atomic E-state index is -0.150. The molecule has 0 amide bonds. The topological polar surface area (TPSA) is 47.2 Å². The third-order valence-electron chi connectivity index (χ3n) is 3.84. The van der Waals surface area contributed by atoms with Crippen molar-refractivity contribution in [2.24, 2.45) is 5.10 Å². The van der Waals surface area contributed by atoms with E-state index in [4.69, 9.17) is 0 Å². The normalized spacial score (nSPS) is 11.7. The molecule has 0 saturated heterocycles. The van der Waals surface area contributed by atoms with Gasteiger partial charge in [-0.15, -0.1) is 0 Å². The zero-order chi connectivity index (χ0) is 16.4. The van der Waals surface area contributed by atoms with Gasteiger partial charge in [-0.05, 0) is 36.1 Å². The fourth-order valence-electron chi connectivity index (χ4n) is 2.46. The van der Waals surface area contributed by atoms with Crippen LogP contribution in [0.2, 0.25) is 0 Å². The van der Waals surface area contributed by atoms with Gasteiger partial charge >= 0.3 is 0 Å². The molecule has 3 rings (SSSR count). The number of rotatable bonds is 3. The van der Waals surface area contributed by atoms with E-state index in [1.54, 1.807) is 19.2 Å². The summed E-state index contributed by atoms with van der Waals surface area (Å²) < 4.78 is 1.35. The molecule has 0 aliphatic rings. The van der Waals surface area contributed by atoms with Gasteiger partial charge in [-0.3, -0.25) is 4.79 Å². The number of hydrogen-bond donors (Lipinski definition) is 0. The number of nitrogens with zero attached hydrogens (tertiary/aromatic N) is 3. The van der Waals surface area contributed by atoms with Crippen molar-refractivity contribution in [1.82, 2.24) is 9.66 Å². The zero-order valence-electron chi connectivity index (χ0n) is 13.5. The number of hydrogen-bond acceptors (Lipinski definition) is 3. The summed E-state index contributed by atoms with van der Waals surface area (Å²) in [6.45, 7) is 6.10. The van der Waals surface area contributed by atoms with Crippen molar-refractivity contribution in [2.45, 2.75) is 26.7 Å². The van der Waals surface area contributed by atoms with Crippen molar-refractivity contribution >= 4 is 17.1 Å². The molecular weight excluding hydrogens is 286 g/mol. The molecule has 0 spiro atoms. The maximum absolute atomic E-state index is 12.5. The molecule has 4 nitrogen and oxygen atoms in total. The largest absolute Gasteiger partial charge is 0.282 e. The van der Waals surface area contributed by atoms with Crippen LogP contribution in [-0.4, -0.2) is 15.9 Å². The molecule has 0 bridgehead atoms. The Labute approximate surface area is 135 Å². The molecule has 2 aromatic carbocycles. The lowest BCUT2D eigenvalue weighted by atomic mass is 10.0. The lowest BCUT2D eigenvalue weighted by Gasteiger charge is -2.06. The van der Waals surface area contributed by atoms with Gasteiger partial charge in [0.15, 0.2) is 0 Å². The van der Waals surface area contributed by atoms with E-state index in [1.807, 2.05) is 30.3 Å². The Balaban J connectivity index is 1.99. The Kier molecular flexibility index (Phi) is 4.06. The second kappa shape index (κ2) is 6.16. The Morgan fingerprint density at radius 3 is 2.48 bits per heavy atom. The molecule has 0 fully saturated rings. The van der Waals surface area contributed by atoms with Gasteiger partial charge in [0.1, 0.15) is 5.82 Å². The number of aryl methyl sites for hydroxylation is 1. The molecule has 1 heterocycles. The van der Waals surface area contributed by atoms with Gasteiger partial charge in [0, 0.05) is 0 Å². The number of fused-ring (bicyclic) bond motifs is 1. The molecule has 1 aromatic heterocycles. The van der Waals surface area contributed by atoms with E-state index < -0.39 is 0 Å². The third-order valence-corrected chi connectivity index (χ3v) is 3.84. The second-order valence-corrected chi connectivity index (χ2v) is 5.86. The van der Waals surface area contributed by atoms with Gasteiger partial charge < -0.3 is 0 Å². The molecule has 0 aliphatic heterocycles. The third kappa shape index (κ3) is 3.06. The average molecular weight is 305 g/mol. The van der Waals surface area contributed by atoms with E-state index in [9.17, 15) is 4.79 Å². The fourth-order valence-corrected chi connectivity index (χ4v) is 2.46. The van der Waals surface area contributed by atoms with Gasteiger partial charge in [0.05, 0.1) is 17.1 Å². The minimum Gasteiger partial charge on any atom is -0.267 e. The van der Waals surface area contributed by atoms with Crippen LogP contribution >= 0.6 is 0 Å². The van der Waals surface area contributed by atoms with Crippen LogP contribution in [0.15, 0.2) is 58.4 Å². The van der Waals surface area contributed by atoms with Crippen LogP contribution in [0.5, 0.6) is 0 Å². The van der Waals surface area contributed by atoms with E-state index >= 15 is 0 Å². The molecule has 3 aromatic rings. The first-order valence-corrected chi connectivity index (χ1v) is 7.69. The van der Waals surface area contributed by atoms with Crippen LogP contribution in [0, 0.1) is 6.92 Å². The Morgan fingerprint density at radius 2 is 1.78 bits per heavy atom. The van der Waals surface area contributed by atoms with Crippen molar-refractivity contribution in [3.8, 4) is 0 Å². The highest BCUT2D eigenvalue weighted by Gasteiger charge is 2.06. The summed E-state index contributed by atoms with van der Waals surface area (Å²) in [7, 11) is 0. The quantitative estimate of drug-likeness (QED) is 0.693. The summed E-state index contributed by atoms with van der Waals surface area (Å²) in [5, 5.41) is 4.89. The average Bonchev–Trinajstić information content (AvgIpc) is 2.55. The summed E-state index contributed by atoms with van der Waals surface area (Å²) >= 11 is 0. The van der Waals surface area contributed by atoms with Crippen LogP contribution in [0.1, 0.15) is 36.7 Å². The molecule has 0 saturated carbocycles. The van der Waals surface area contributed by atoms with Gasteiger partial charge in [-0.25, -0.2) is 4.98 Å². The summed E-state index contributed by atoms with van der Waals surface area (Å²) in [4.78, 5) is 17.0. The molecule has 0 unspecified atom stereocenters. The molecule has 4 heteroatoms. The summed E-state index contributed by atoms with van der Waals surface area (Å²) in [5.41, 5.74) is 2.78. The van der Waals surface area contributed by atoms with Gasteiger partial charge in [-0.1, -0.05) is 50.2 Å². The van der Waals surface area contributed by atoms with E-state index in [0.717, 1.165) is 5.56 Å². The SMILES string of the molecule is Cc1nc2ccccc2c(=O)n1/N=C/c1ccc(C(C)C)cc1. The lowest BCUT2D eigenvalue weighted by molar-refractivity contribution is 0.771. The minimum absolute atomic E-state index is 0.150. The molecule has 23 heavy (non-hydrogen) atoms. The maximum Gasteiger partial charge on any atom is 0.282 e. The lowest BCUT2D eigenvalue weighted by Crippen LogP contribution is -2.20. The number of aromatic nitrogens is 2. The Bertz CT molecular complexity index is 921. The first-order valence-electron chi connectivity index (χ1n) is 7.69. The zero-order valence-corrected chi connectivity index (χ0v) is 13.5. The van der Waals surface area contributed by atoms with Crippen molar-refractivity contribution < 1.29 is 0 Å². The van der Waals surface area contributed by atoms with Crippen LogP contribution < -0.4 is 5.56 Å². The van der Waals surface area contributed by atoms with Gasteiger partial charge in [-0.2, -0.15) is 9.78 Å². The van der Waals surface area contributed by atoms with E-state index in [-0.39, 0.29) is 5.56 Å². The first-order chi connectivity index (χ1) is 11.1. The van der Waals surface area contributed by atoms with E-state index in [0.29, 0.717) is 22.6 Å². The Hall–Kier alpha value is -2.75. The smallest absolute Gasteiger partial charge is 0.267 e. The number of benzene rings is 2. The Morgan fingerprint density at radius 1 is 1.09 bits per heavy atom. The van der Waals surface area contributed by atoms with Crippen molar-refractivity contribution in [1.29, 1.82) is 0 Å². The van der Waals surface area contributed by atoms with Crippen molar-refractivity contribution in [2.75, 3.05) is 0 Å². The van der Waals surface area contributed by atoms with Gasteiger partial charge in [0.25, 0.3) is 5.56 Å². The standard InChI is InChI=1S/C19H19N3O/c1-13(2)16-10-8-15(9-11-16)12-20-22-14(3)21-18-7-5-4-6-17(18)19(22)23/h4-13H,1-3H3/b20-12+. The molecule has 0 aliphatic carbocycles. The molecule has 116 valence electrons. The fraction of sp³-hybridized carbons (Fsp3) is 0.211. The van der Waals surface area contributed by atoms with Crippen LogP contribution in [0.3, 0.4) is 0 Å². The highest BCUT2D eigenvalue weighted by atomic mass is 16.1. The highest BCUT2D eigenvalue weighted by molar-refractivity contribution is 5.80. The highest BCUT2D eigenvalue weighted by Crippen LogP contribution is 2.14. The van der Waals surface area contributed by atoms with E-state index in [1.165, 1.54) is 10.2 Å². The van der Waals surface area contributed by atoms with E-state index in [2.05, 4.69) is 36.1 Å². The summed E-state index contributed by atoms with van der Waals surface area (Å²) in [6.07, 6.45) is 1.69. The maximum atomic E-state index is 12.5. The molecule has 0 N–H and O–H groups in total. The second-order valence-electron chi connectivity index (χ2n) is 5.86. The summed E-state index contributed by atoms with van der Waals surface area (Å²) in [5.74, 6) is 1.07. The van der Waals surface area contributed by atoms with Gasteiger partial charge in [0.2, 0.25) is 0 Å². The molecule has 0 radical (unpaired) electrons. The van der Waals surface area contributed by atoms with Crippen LogP contribution in [0.4, 0.5) is 0 Å². The monoisotopic (exact) mass is 305 g/mol. The first kappa shape index (κ1) is 15.2. The predicted octanol–water partition coefficient (Wildman–Crippen LogP) is 3.71. The van der Waals surface area contributed by atoms with Crippen LogP contribution in [-0.2, 0) is 0 Å².